The first-order valence-corrected chi connectivity index (χ1v) is 13.0. The van der Waals surface area contributed by atoms with Crippen molar-refractivity contribution in [1.82, 2.24) is 30.1 Å². The van der Waals surface area contributed by atoms with Gasteiger partial charge in [-0.3, -0.25) is 4.90 Å². The molecule has 8 nitrogen and oxygen atoms in total. The van der Waals surface area contributed by atoms with Gasteiger partial charge in [-0.15, -0.1) is 5.10 Å². The predicted molar refractivity (Wildman–Crippen MR) is 142 cm³/mol. The molecule has 0 N–H and O–H groups in total. The fraction of sp³-hybridized carbons (Fsp3) is 0.259. The minimum Gasteiger partial charge on any atom is -0.497 e. The normalized spacial score (nSPS) is 15.2. The highest BCUT2D eigenvalue weighted by Gasteiger charge is 2.31. The minimum absolute atomic E-state index is 0.273. The van der Waals surface area contributed by atoms with Crippen LogP contribution in [-0.2, 0) is 6.54 Å². The van der Waals surface area contributed by atoms with Gasteiger partial charge in [0.05, 0.1) is 29.9 Å². The molecule has 0 bridgehead atoms. The summed E-state index contributed by atoms with van der Waals surface area (Å²) in [5, 5.41) is 13.7. The molecule has 0 unspecified atom stereocenters. The molecule has 1 fully saturated rings. The third-order valence-electron chi connectivity index (χ3n) is 6.69. The Morgan fingerprint density at radius 2 is 1.78 bits per heavy atom. The Hall–Kier alpha value is -3.89. The summed E-state index contributed by atoms with van der Waals surface area (Å²) in [6, 6.07) is 22.5. The predicted octanol–water partition coefficient (Wildman–Crippen LogP) is 4.39. The summed E-state index contributed by atoms with van der Waals surface area (Å²) in [6.07, 6.45) is 0. The van der Waals surface area contributed by atoms with Gasteiger partial charge in [0.25, 0.3) is 0 Å². The fourth-order valence-electron chi connectivity index (χ4n) is 4.79. The number of para-hydroxylation sites is 1. The smallest absolute Gasteiger partial charge is 0.186 e. The van der Waals surface area contributed by atoms with Gasteiger partial charge < -0.3 is 9.64 Å². The molecule has 0 radical (unpaired) electrons. The van der Waals surface area contributed by atoms with Gasteiger partial charge >= 0.3 is 0 Å². The number of hydrogen-bond donors (Lipinski definition) is 0. The number of benzene rings is 3. The van der Waals surface area contributed by atoms with Gasteiger partial charge in [-0.25, -0.2) is 14.1 Å². The quantitative estimate of drug-likeness (QED) is 0.318. The van der Waals surface area contributed by atoms with E-state index in [4.69, 9.17) is 9.72 Å². The van der Waals surface area contributed by atoms with E-state index in [0.717, 1.165) is 53.7 Å². The van der Waals surface area contributed by atoms with Crippen molar-refractivity contribution in [3.63, 3.8) is 0 Å². The zero-order chi connectivity index (χ0) is 25.2. The maximum atomic E-state index is 14.3. The van der Waals surface area contributed by atoms with Crippen molar-refractivity contribution in [1.29, 1.82) is 0 Å². The lowest BCUT2D eigenvalue weighted by atomic mass is 10.0. The van der Waals surface area contributed by atoms with Crippen LogP contribution in [0.3, 0.4) is 0 Å². The van der Waals surface area contributed by atoms with Gasteiger partial charge in [0.1, 0.15) is 11.6 Å². The molecular weight excluding hydrogens is 489 g/mol. The van der Waals surface area contributed by atoms with Gasteiger partial charge in [0, 0.05) is 26.2 Å². The third-order valence-corrected chi connectivity index (χ3v) is 7.79. The maximum absolute atomic E-state index is 14.3. The Balaban J connectivity index is 1.27. The van der Waals surface area contributed by atoms with E-state index >= 15 is 0 Å². The van der Waals surface area contributed by atoms with E-state index in [9.17, 15) is 4.39 Å². The number of methoxy groups -OCH3 is 1. The molecular formula is C27H26FN7OS. The third kappa shape index (κ3) is 4.90. The highest BCUT2D eigenvalue weighted by atomic mass is 32.1. The Morgan fingerprint density at radius 3 is 2.54 bits per heavy atom. The average Bonchev–Trinajstić information content (AvgIpc) is 3.57. The molecule has 0 saturated carbocycles. The highest BCUT2D eigenvalue weighted by molar-refractivity contribution is 7.22. The summed E-state index contributed by atoms with van der Waals surface area (Å²) in [6.45, 7) is 3.67. The van der Waals surface area contributed by atoms with Crippen LogP contribution in [0.1, 0.15) is 23.0 Å². The fourth-order valence-corrected chi connectivity index (χ4v) is 5.81. The van der Waals surface area contributed by atoms with Crippen molar-refractivity contribution in [3.05, 3.63) is 95.6 Å². The molecule has 1 saturated heterocycles. The Morgan fingerprint density at radius 1 is 0.973 bits per heavy atom. The number of anilines is 1. The van der Waals surface area contributed by atoms with Crippen molar-refractivity contribution in [2.45, 2.75) is 12.6 Å². The number of piperazine rings is 1. The van der Waals surface area contributed by atoms with E-state index in [0.29, 0.717) is 12.4 Å². The molecule has 6 rings (SSSR count). The van der Waals surface area contributed by atoms with Crippen LogP contribution in [0.2, 0.25) is 0 Å². The van der Waals surface area contributed by atoms with E-state index in [1.165, 1.54) is 10.8 Å². The topological polar surface area (TPSA) is 72.2 Å². The summed E-state index contributed by atoms with van der Waals surface area (Å²) in [5.41, 5.74) is 2.91. The van der Waals surface area contributed by atoms with Gasteiger partial charge in [-0.1, -0.05) is 47.7 Å². The number of aromatic nitrogens is 5. The van der Waals surface area contributed by atoms with Crippen LogP contribution in [0.15, 0.2) is 72.8 Å². The molecule has 10 heteroatoms. The number of thiazole rings is 1. The Labute approximate surface area is 217 Å². The molecule has 1 aliphatic rings. The van der Waals surface area contributed by atoms with Crippen molar-refractivity contribution in [2.75, 3.05) is 38.2 Å². The summed E-state index contributed by atoms with van der Waals surface area (Å²) >= 11 is 1.72. The second-order valence-corrected chi connectivity index (χ2v) is 10.00. The van der Waals surface area contributed by atoms with Crippen LogP contribution in [0.5, 0.6) is 5.75 Å². The molecule has 0 aliphatic carbocycles. The molecule has 2 aromatic heterocycles. The lowest BCUT2D eigenvalue weighted by Gasteiger charge is -2.38. The van der Waals surface area contributed by atoms with Gasteiger partial charge in [-0.05, 0) is 58.0 Å². The van der Waals surface area contributed by atoms with Crippen molar-refractivity contribution >= 4 is 26.7 Å². The maximum Gasteiger partial charge on any atom is 0.186 e. The minimum atomic E-state index is -0.276. The van der Waals surface area contributed by atoms with E-state index < -0.39 is 0 Å². The molecule has 0 spiro atoms. The number of hydrogen-bond acceptors (Lipinski definition) is 8. The standard InChI is InChI=1S/C27H26FN7OS/c1-36-22-11-9-19(10-12-22)18-35-26(30-31-32-35)25(20-5-4-6-21(28)17-20)33-13-15-34(16-14-33)27-29-23-7-2-3-8-24(23)37-27/h2-12,17,25H,13-16,18H2,1H3/t25-/m0/s1. The van der Waals surface area contributed by atoms with Gasteiger partial charge in [0.15, 0.2) is 11.0 Å². The number of tetrazole rings is 1. The van der Waals surface area contributed by atoms with E-state index in [1.807, 2.05) is 48.5 Å². The number of ether oxygens (including phenoxy) is 1. The second-order valence-electron chi connectivity index (χ2n) is 8.99. The highest BCUT2D eigenvalue weighted by Crippen LogP contribution is 2.32. The van der Waals surface area contributed by atoms with Crippen LogP contribution >= 0.6 is 11.3 Å². The van der Waals surface area contributed by atoms with Crippen LogP contribution in [0.25, 0.3) is 10.2 Å². The van der Waals surface area contributed by atoms with E-state index in [2.05, 4.69) is 31.4 Å². The first-order valence-electron chi connectivity index (χ1n) is 12.2. The molecule has 3 aromatic carbocycles. The van der Waals surface area contributed by atoms with Crippen LogP contribution < -0.4 is 9.64 Å². The lowest BCUT2D eigenvalue weighted by Crippen LogP contribution is -2.48. The molecule has 0 amide bonds. The zero-order valence-corrected chi connectivity index (χ0v) is 21.2. The van der Waals surface area contributed by atoms with E-state index in [-0.39, 0.29) is 11.9 Å². The van der Waals surface area contributed by atoms with Crippen molar-refractivity contribution < 1.29 is 9.13 Å². The van der Waals surface area contributed by atoms with Crippen molar-refractivity contribution in [3.8, 4) is 5.75 Å². The lowest BCUT2D eigenvalue weighted by molar-refractivity contribution is 0.201. The number of nitrogens with zero attached hydrogens (tertiary/aromatic N) is 7. The molecule has 37 heavy (non-hydrogen) atoms. The monoisotopic (exact) mass is 515 g/mol. The molecule has 1 atom stereocenters. The summed E-state index contributed by atoms with van der Waals surface area (Å²) in [5.74, 6) is 1.21. The number of halogens is 1. The first kappa shape index (κ1) is 23.5. The molecule has 5 aromatic rings. The average molecular weight is 516 g/mol. The molecule has 3 heterocycles. The van der Waals surface area contributed by atoms with Crippen LogP contribution in [-0.4, -0.2) is 63.4 Å². The number of fused-ring (bicyclic) bond motifs is 1. The molecule has 188 valence electrons. The zero-order valence-electron chi connectivity index (χ0n) is 20.4. The SMILES string of the molecule is COc1ccc(Cn2nnnc2[C@H](c2cccc(F)c2)N2CCN(c3nc4ccccc4s3)CC2)cc1. The van der Waals surface area contributed by atoms with Gasteiger partial charge in [-0.2, -0.15) is 0 Å². The van der Waals surface area contributed by atoms with E-state index in [1.54, 1.807) is 35.3 Å². The number of rotatable bonds is 7. The largest absolute Gasteiger partial charge is 0.497 e. The molecule has 1 aliphatic heterocycles. The van der Waals surface area contributed by atoms with Crippen LogP contribution in [0.4, 0.5) is 9.52 Å². The second kappa shape index (κ2) is 10.2. The van der Waals surface area contributed by atoms with Gasteiger partial charge in [0.2, 0.25) is 0 Å². The Kier molecular flexibility index (Phi) is 6.50. The summed E-state index contributed by atoms with van der Waals surface area (Å²) in [7, 11) is 1.65. The first-order chi connectivity index (χ1) is 18.2. The van der Waals surface area contributed by atoms with Crippen molar-refractivity contribution in [2.24, 2.45) is 0 Å². The summed E-state index contributed by atoms with van der Waals surface area (Å²) in [4.78, 5) is 9.48. The van der Waals surface area contributed by atoms with Crippen LogP contribution in [0, 0.1) is 5.82 Å². The Bertz CT molecular complexity index is 1460. The summed E-state index contributed by atoms with van der Waals surface area (Å²) < 4.78 is 22.6.